The smallest absolute Gasteiger partial charge is 0.0652 e. The zero-order valence-corrected chi connectivity index (χ0v) is 19.5. The van der Waals surface area contributed by atoms with Gasteiger partial charge >= 0.3 is 0 Å². The molecular weight excluding hydrogens is 460 g/mol. The Morgan fingerprint density at radius 3 is 1.61 bits per heavy atom. The topological polar surface area (TPSA) is 9.86 Å². The largest absolute Gasteiger partial charge is 0.309 e. The molecule has 8 aromatic rings. The molecule has 2 aromatic heterocycles. The molecular formula is C36H24N2. The molecule has 0 saturated heterocycles. The van der Waals surface area contributed by atoms with Gasteiger partial charge in [-0.3, -0.25) is 0 Å². The fourth-order valence-corrected chi connectivity index (χ4v) is 4.92. The van der Waals surface area contributed by atoms with Crippen LogP contribution in [0.25, 0.3) is 66.1 Å². The number of rotatable bonds is 3. The Hall–Kier alpha value is -5.08. The maximum atomic E-state index is 9.70. The Labute approximate surface area is 243 Å². The highest BCUT2D eigenvalue weighted by Crippen LogP contribution is 2.37. The molecule has 0 aliphatic carbocycles. The summed E-state index contributed by atoms with van der Waals surface area (Å²) in [7, 11) is 0. The third kappa shape index (κ3) is 3.07. The van der Waals surface area contributed by atoms with Crippen molar-refractivity contribution >= 4 is 43.6 Å². The molecule has 0 bridgehead atoms. The summed E-state index contributed by atoms with van der Waals surface area (Å²) in [6, 6.07) is 4.43. The normalized spacial score (nSPS) is 17.6. The molecule has 2 heterocycles. The van der Waals surface area contributed by atoms with Crippen LogP contribution in [-0.2, 0) is 0 Å². The van der Waals surface area contributed by atoms with Gasteiger partial charge < -0.3 is 9.13 Å². The Morgan fingerprint density at radius 2 is 0.947 bits per heavy atom. The number of nitrogens with zero attached hydrogens (tertiary/aromatic N) is 2. The van der Waals surface area contributed by atoms with Crippen LogP contribution < -0.4 is 0 Å². The first-order chi connectivity index (χ1) is 25.5. The molecule has 8 rings (SSSR count). The summed E-state index contributed by atoms with van der Waals surface area (Å²) in [6.45, 7) is 0. The van der Waals surface area contributed by atoms with Crippen molar-refractivity contribution in [3.8, 4) is 22.5 Å². The first kappa shape index (κ1) is 10.7. The van der Waals surface area contributed by atoms with Crippen LogP contribution in [0.3, 0.4) is 0 Å². The van der Waals surface area contributed by atoms with Gasteiger partial charge in [0.1, 0.15) is 0 Å². The van der Waals surface area contributed by atoms with Crippen molar-refractivity contribution in [2.24, 2.45) is 0 Å². The second kappa shape index (κ2) is 8.22. The molecule has 0 aliphatic heterocycles. The summed E-state index contributed by atoms with van der Waals surface area (Å²) in [6.07, 6.45) is 0. The van der Waals surface area contributed by atoms with Crippen LogP contribution in [0.15, 0.2) is 145 Å². The Bertz CT molecular complexity index is 2920. The first-order valence-corrected chi connectivity index (χ1v) is 11.7. The van der Waals surface area contributed by atoms with Crippen LogP contribution in [0.5, 0.6) is 0 Å². The summed E-state index contributed by atoms with van der Waals surface area (Å²) in [5, 5.41) is -0.918. The SMILES string of the molecule is [2H]c1ccc(-c2cccc(-n3c4c([2H])c([2H])c([2H])c([2H])c4c4c([2H])c(-n5c6c([2H])c([2H])c([2H])c([2H])c6c6c([2H])c([2H])c([2H])c([2H])c65)c([2H])c([2H])c43)c2)cc1. The van der Waals surface area contributed by atoms with Gasteiger partial charge in [0.25, 0.3) is 0 Å². The van der Waals surface area contributed by atoms with Crippen LogP contribution in [0, 0.1) is 0 Å². The minimum atomic E-state index is -0.708. The lowest BCUT2D eigenvalue weighted by molar-refractivity contribution is 1.17. The van der Waals surface area contributed by atoms with E-state index >= 15 is 0 Å². The average molecular weight is 501 g/mol. The molecule has 2 nitrogen and oxygen atoms in total. The molecule has 178 valence electrons. The summed E-state index contributed by atoms with van der Waals surface area (Å²) >= 11 is 0. The van der Waals surface area contributed by atoms with E-state index in [4.69, 9.17) is 17.8 Å². The van der Waals surface area contributed by atoms with E-state index < -0.39 is 96.3 Å². The molecule has 0 amide bonds. The van der Waals surface area contributed by atoms with Crippen LogP contribution in [0.1, 0.15) is 21.9 Å². The van der Waals surface area contributed by atoms with E-state index in [9.17, 15) is 4.11 Å². The highest BCUT2D eigenvalue weighted by atomic mass is 15.0. The number of para-hydroxylation sites is 3. The van der Waals surface area contributed by atoms with Gasteiger partial charge in [0, 0.05) is 32.9 Å². The van der Waals surface area contributed by atoms with Crippen molar-refractivity contribution in [3.05, 3.63) is 145 Å². The zero-order chi connectivity index (χ0) is 39.0. The number of aromatic nitrogens is 2. The standard InChI is InChI=1S/C36H24N2/c1-2-11-25(12-3-1)26-13-10-14-27(23-26)37-35-20-9-6-17-31(35)32-24-28(21-22-36(32)37)38-33-18-7-4-15-29(33)30-16-5-8-19-34(30)38/h1-24H/i1D,4D,5D,6D,7D,8D,9D,15D,16D,17D,18D,19D,20D,21D,22D,24D. The summed E-state index contributed by atoms with van der Waals surface area (Å²) in [4.78, 5) is 0. The first-order valence-electron chi connectivity index (χ1n) is 19.7. The van der Waals surface area contributed by atoms with Gasteiger partial charge in [0.2, 0.25) is 0 Å². The van der Waals surface area contributed by atoms with Gasteiger partial charge in [-0.1, -0.05) is 96.8 Å². The molecule has 6 aromatic carbocycles. The van der Waals surface area contributed by atoms with Gasteiger partial charge in [-0.15, -0.1) is 0 Å². The van der Waals surface area contributed by atoms with Gasteiger partial charge in [-0.05, 0) is 59.5 Å². The number of fused-ring (bicyclic) bond motifs is 6. The fourth-order valence-electron chi connectivity index (χ4n) is 4.92. The lowest BCUT2D eigenvalue weighted by atomic mass is 10.1. The molecule has 0 fully saturated rings. The highest BCUT2D eigenvalue weighted by molar-refractivity contribution is 6.12. The molecule has 2 heteroatoms. The number of hydrogen-bond acceptors (Lipinski definition) is 0. The van der Waals surface area contributed by atoms with Gasteiger partial charge in [0.15, 0.2) is 0 Å². The highest BCUT2D eigenvalue weighted by Gasteiger charge is 2.16. The van der Waals surface area contributed by atoms with E-state index in [0.29, 0.717) is 17.3 Å². The Kier molecular flexibility index (Phi) is 2.32. The fraction of sp³-hybridized carbons (Fsp3) is 0. The second-order valence-corrected chi connectivity index (χ2v) is 8.63. The van der Waals surface area contributed by atoms with E-state index in [2.05, 4.69) is 0 Å². The third-order valence-corrected chi connectivity index (χ3v) is 6.56. The average Bonchev–Trinajstić information content (AvgIpc) is 3.71. The van der Waals surface area contributed by atoms with Crippen LogP contribution >= 0.6 is 0 Å². The quantitative estimate of drug-likeness (QED) is 0.229. The maximum absolute atomic E-state index is 9.70. The van der Waals surface area contributed by atoms with Gasteiger partial charge in [-0.25, -0.2) is 0 Å². The molecule has 0 unspecified atom stereocenters. The molecule has 0 radical (unpaired) electrons. The van der Waals surface area contributed by atoms with Crippen molar-refractivity contribution in [2.75, 3.05) is 0 Å². The lowest BCUT2D eigenvalue weighted by Gasteiger charge is -2.11. The van der Waals surface area contributed by atoms with Crippen molar-refractivity contribution in [3.63, 3.8) is 0 Å². The minimum Gasteiger partial charge on any atom is -0.309 e. The van der Waals surface area contributed by atoms with Crippen molar-refractivity contribution in [2.45, 2.75) is 0 Å². The Balaban J connectivity index is 1.62. The lowest BCUT2D eigenvalue weighted by Crippen LogP contribution is -1.96. The summed E-state index contributed by atoms with van der Waals surface area (Å²) in [5.41, 5.74) is 0.287. The number of hydrogen-bond donors (Lipinski definition) is 0. The minimum absolute atomic E-state index is 0.0979. The zero-order valence-electron chi connectivity index (χ0n) is 35.5. The van der Waals surface area contributed by atoms with E-state index in [-0.39, 0.29) is 43.6 Å². The summed E-state index contributed by atoms with van der Waals surface area (Å²) in [5.74, 6) is 0. The predicted octanol–water partition coefficient (Wildman–Crippen LogP) is 9.55. The van der Waals surface area contributed by atoms with E-state index in [1.54, 1.807) is 48.5 Å². The van der Waals surface area contributed by atoms with Gasteiger partial charge in [-0.2, -0.15) is 0 Å². The third-order valence-electron chi connectivity index (χ3n) is 6.56. The number of benzene rings is 6. The van der Waals surface area contributed by atoms with E-state index in [1.807, 2.05) is 0 Å². The Morgan fingerprint density at radius 1 is 0.421 bits per heavy atom. The monoisotopic (exact) mass is 500 g/mol. The van der Waals surface area contributed by atoms with Crippen LogP contribution in [0.4, 0.5) is 0 Å². The predicted molar refractivity (Wildman–Crippen MR) is 161 cm³/mol. The van der Waals surface area contributed by atoms with Crippen molar-refractivity contribution < 1.29 is 21.9 Å². The molecule has 0 saturated carbocycles. The molecule has 0 spiro atoms. The second-order valence-electron chi connectivity index (χ2n) is 8.63. The summed E-state index contributed by atoms with van der Waals surface area (Å²) < 4.78 is 143. The molecule has 0 N–H and O–H groups in total. The van der Waals surface area contributed by atoms with Crippen LogP contribution in [-0.4, -0.2) is 9.13 Å². The molecule has 38 heavy (non-hydrogen) atoms. The maximum Gasteiger partial charge on any atom is 0.0652 e. The van der Waals surface area contributed by atoms with E-state index in [0.717, 1.165) is 10.1 Å². The van der Waals surface area contributed by atoms with Crippen molar-refractivity contribution in [1.29, 1.82) is 0 Å². The molecule has 0 aliphatic rings. The van der Waals surface area contributed by atoms with Crippen molar-refractivity contribution in [1.82, 2.24) is 9.13 Å². The van der Waals surface area contributed by atoms with Gasteiger partial charge in [0.05, 0.1) is 44.0 Å². The van der Waals surface area contributed by atoms with E-state index in [1.165, 1.54) is 4.57 Å². The molecule has 0 atom stereocenters. The van der Waals surface area contributed by atoms with Crippen LogP contribution in [0.2, 0.25) is 0 Å².